The third-order valence-corrected chi connectivity index (χ3v) is 6.21. The summed E-state index contributed by atoms with van der Waals surface area (Å²) in [6.07, 6.45) is 4.35. The van der Waals surface area contributed by atoms with E-state index < -0.39 is 5.91 Å². The summed E-state index contributed by atoms with van der Waals surface area (Å²) in [4.78, 5) is 41.7. The molecule has 3 heterocycles. The number of aryl methyl sites for hydroxylation is 1. The highest BCUT2D eigenvalue weighted by atomic mass is 19.1. The Morgan fingerprint density at radius 1 is 0.971 bits per heavy atom. The number of carbonyl (C=O) groups excluding carboxylic acids is 3. The lowest BCUT2D eigenvalue weighted by Gasteiger charge is -2.26. The van der Waals surface area contributed by atoms with Gasteiger partial charge in [-0.15, -0.1) is 0 Å². The van der Waals surface area contributed by atoms with E-state index in [2.05, 4.69) is 20.6 Å². The van der Waals surface area contributed by atoms with Crippen LogP contribution in [-0.4, -0.2) is 76.6 Å². The maximum atomic E-state index is 13.2. The van der Waals surface area contributed by atoms with Gasteiger partial charge in [-0.3, -0.25) is 19.1 Å². The topological polar surface area (TPSA) is 99.6 Å². The van der Waals surface area contributed by atoms with Crippen molar-refractivity contribution in [1.82, 2.24) is 30.2 Å². The molecule has 2 aromatic rings. The van der Waals surface area contributed by atoms with Crippen LogP contribution in [0.1, 0.15) is 52.2 Å². The van der Waals surface area contributed by atoms with E-state index in [1.54, 1.807) is 21.7 Å². The SMILES string of the molecule is O=C(CNC(=O)c1cc2n(n1)CCCN(Cc1ccc(F)cc1)C2=O)NCCN1CCCCC1. The van der Waals surface area contributed by atoms with Crippen LogP contribution in [0, 0.1) is 5.82 Å². The second-order valence-electron chi connectivity index (χ2n) is 8.78. The molecule has 0 saturated carbocycles. The molecule has 10 heteroatoms. The van der Waals surface area contributed by atoms with Gasteiger partial charge in [0.2, 0.25) is 5.91 Å². The molecular weight excluding hydrogens is 439 g/mol. The Bertz CT molecular complexity index is 1020. The van der Waals surface area contributed by atoms with E-state index in [0.717, 1.165) is 25.2 Å². The van der Waals surface area contributed by atoms with Crippen molar-refractivity contribution in [3.63, 3.8) is 0 Å². The van der Waals surface area contributed by atoms with E-state index >= 15 is 0 Å². The highest BCUT2D eigenvalue weighted by Crippen LogP contribution is 2.17. The summed E-state index contributed by atoms with van der Waals surface area (Å²) in [6.45, 7) is 4.74. The summed E-state index contributed by atoms with van der Waals surface area (Å²) in [5.41, 5.74) is 1.26. The smallest absolute Gasteiger partial charge is 0.272 e. The average molecular weight is 471 g/mol. The largest absolute Gasteiger partial charge is 0.353 e. The number of amides is 3. The number of nitrogens with zero attached hydrogens (tertiary/aromatic N) is 4. The van der Waals surface area contributed by atoms with Gasteiger partial charge in [0, 0.05) is 38.8 Å². The molecule has 0 radical (unpaired) electrons. The molecule has 0 unspecified atom stereocenters. The van der Waals surface area contributed by atoms with Gasteiger partial charge in [0.05, 0.1) is 6.54 Å². The van der Waals surface area contributed by atoms with E-state index in [1.807, 2.05) is 0 Å². The highest BCUT2D eigenvalue weighted by molar-refractivity contribution is 5.99. The summed E-state index contributed by atoms with van der Waals surface area (Å²) >= 11 is 0. The number of piperidine rings is 1. The highest BCUT2D eigenvalue weighted by Gasteiger charge is 2.26. The molecule has 1 fully saturated rings. The van der Waals surface area contributed by atoms with Gasteiger partial charge in [-0.2, -0.15) is 5.10 Å². The van der Waals surface area contributed by atoms with Gasteiger partial charge in [0.1, 0.15) is 11.5 Å². The van der Waals surface area contributed by atoms with E-state index in [0.29, 0.717) is 38.3 Å². The summed E-state index contributed by atoms with van der Waals surface area (Å²) in [6, 6.07) is 7.51. The predicted octanol–water partition coefficient (Wildman–Crippen LogP) is 1.40. The molecule has 0 spiro atoms. The molecule has 2 aliphatic rings. The van der Waals surface area contributed by atoms with Crippen LogP contribution in [0.15, 0.2) is 30.3 Å². The predicted molar refractivity (Wildman–Crippen MR) is 124 cm³/mol. The van der Waals surface area contributed by atoms with Crippen LogP contribution in [0.4, 0.5) is 4.39 Å². The Kier molecular flexibility index (Phi) is 7.89. The molecule has 9 nitrogen and oxygen atoms in total. The standard InChI is InChI=1S/C24H31FN6O3/c25-19-7-5-18(6-8-19)17-30-12-4-13-31-21(24(30)34)15-20(28-31)23(33)27-16-22(32)26-9-14-29-10-2-1-3-11-29/h5-8,15H,1-4,9-14,16-17H2,(H,26,32)(H,27,33). The zero-order valence-electron chi connectivity index (χ0n) is 19.3. The molecule has 2 N–H and O–H groups in total. The van der Waals surface area contributed by atoms with Gasteiger partial charge < -0.3 is 20.4 Å². The first-order valence-corrected chi connectivity index (χ1v) is 11.9. The van der Waals surface area contributed by atoms with Gasteiger partial charge in [0.15, 0.2) is 5.69 Å². The normalized spacial score (nSPS) is 16.6. The number of hydrogen-bond acceptors (Lipinski definition) is 5. The van der Waals surface area contributed by atoms with Crippen molar-refractivity contribution in [2.45, 2.75) is 38.8 Å². The minimum atomic E-state index is -0.496. The quantitative estimate of drug-likeness (QED) is 0.608. The van der Waals surface area contributed by atoms with Crippen LogP contribution < -0.4 is 10.6 Å². The first-order chi connectivity index (χ1) is 16.5. The number of carbonyl (C=O) groups is 3. The van der Waals surface area contributed by atoms with E-state index in [1.165, 1.54) is 37.5 Å². The Hall–Kier alpha value is -3.27. The maximum absolute atomic E-state index is 13.2. The Labute approximate surface area is 198 Å². The molecular formula is C24H31FN6O3. The number of nitrogens with one attached hydrogen (secondary N) is 2. The number of halogens is 1. The molecule has 0 bridgehead atoms. The van der Waals surface area contributed by atoms with E-state index in [-0.39, 0.29) is 29.9 Å². The molecule has 1 aromatic carbocycles. The number of rotatable bonds is 8. The first-order valence-electron chi connectivity index (χ1n) is 11.9. The molecule has 4 rings (SSSR count). The van der Waals surface area contributed by atoms with Crippen molar-refractivity contribution in [2.75, 3.05) is 39.3 Å². The zero-order valence-corrected chi connectivity index (χ0v) is 19.3. The molecule has 0 atom stereocenters. The lowest BCUT2D eigenvalue weighted by molar-refractivity contribution is -0.120. The molecule has 3 amide bonds. The second-order valence-corrected chi connectivity index (χ2v) is 8.78. The van der Waals surface area contributed by atoms with Crippen LogP contribution in [0.25, 0.3) is 0 Å². The number of aromatic nitrogens is 2. The lowest BCUT2D eigenvalue weighted by atomic mass is 10.1. The van der Waals surface area contributed by atoms with E-state index in [9.17, 15) is 18.8 Å². The van der Waals surface area contributed by atoms with Crippen LogP contribution in [0.2, 0.25) is 0 Å². The third kappa shape index (κ3) is 6.19. The number of fused-ring (bicyclic) bond motifs is 1. The van der Waals surface area contributed by atoms with Crippen molar-refractivity contribution < 1.29 is 18.8 Å². The molecule has 34 heavy (non-hydrogen) atoms. The lowest BCUT2D eigenvalue weighted by Crippen LogP contribution is -2.41. The monoisotopic (exact) mass is 470 g/mol. The van der Waals surface area contributed by atoms with Crippen molar-refractivity contribution in [2.24, 2.45) is 0 Å². The van der Waals surface area contributed by atoms with Gasteiger partial charge in [-0.05, 0) is 50.0 Å². The molecule has 1 saturated heterocycles. The van der Waals surface area contributed by atoms with Crippen LogP contribution in [0.5, 0.6) is 0 Å². The summed E-state index contributed by atoms with van der Waals surface area (Å²) < 4.78 is 14.7. The number of benzene rings is 1. The summed E-state index contributed by atoms with van der Waals surface area (Å²) in [5.74, 6) is -1.31. The fourth-order valence-corrected chi connectivity index (χ4v) is 4.36. The Morgan fingerprint density at radius 2 is 1.74 bits per heavy atom. The minimum Gasteiger partial charge on any atom is -0.353 e. The third-order valence-electron chi connectivity index (χ3n) is 6.21. The van der Waals surface area contributed by atoms with Crippen LogP contribution in [-0.2, 0) is 17.9 Å². The molecule has 182 valence electrons. The minimum absolute atomic E-state index is 0.105. The Balaban J connectivity index is 1.28. The average Bonchev–Trinajstić information content (AvgIpc) is 3.22. The van der Waals surface area contributed by atoms with Crippen molar-refractivity contribution in [3.05, 3.63) is 53.1 Å². The van der Waals surface area contributed by atoms with Gasteiger partial charge in [0.25, 0.3) is 11.8 Å². The molecule has 1 aromatic heterocycles. The van der Waals surface area contributed by atoms with Crippen LogP contribution >= 0.6 is 0 Å². The van der Waals surface area contributed by atoms with Crippen molar-refractivity contribution >= 4 is 17.7 Å². The van der Waals surface area contributed by atoms with Crippen LogP contribution in [0.3, 0.4) is 0 Å². The summed E-state index contributed by atoms with van der Waals surface area (Å²) in [7, 11) is 0. The second kappa shape index (κ2) is 11.2. The van der Waals surface area contributed by atoms with Gasteiger partial charge in [-0.1, -0.05) is 18.6 Å². The molecule has 2 aliphatic heterocycles. The van der Waals surface area contributed by atoms with Gasteiger partial charge in [-0.25, -0.2) is 4.39 Å². The fourth-order valence-electron chi connectivity index (χ4n) is 4.36. The molecule has 0 aliphatic carbocycles. The maximum Gasteiger partial charge on any atom is 0.272 e. The first kappa shape index (κ1) is 23.9. The van der Waals surface area contributed by atoms with Crippen molar-refractivity contribution in [3.8, 4) is 0 Å². The van der Waals surface area contributed by atoms with Gasteiger partial charge >= 0.3 is 0 Å². The number of hydrogen-bond donors (Lipinski definition) is 2. The fraction of sp³-hybridized carbons (Fsp3) is 0.500. The van der Waals surface area contributed by atoms with E-state index in [4.69, 9.17) is 0 Å². The number of likely N-dealkylation sites (tertiary alicyclic amines) is 1. The zero-order chi connectivity index (χ0) is 23.9. The summed E-state index contributed by atoms with van der Waals surface area (Å²) in [5, 5.41) is 9.70. The Morgan fingerprint density at radius 3 is 2.50 bits per heavy atom. The van der Waals surface area contributed by atoms with Crippen molar-refractivity contribution in [1.29, 1.82) is 0 Å².